The Morgan fingerprint density at radius 1 is 1.25 bits per heavy atom. The van der Waals surface area contributed by atoms with E-state index in [1.165, 1.54) is 44.9 Å². The summed E-state index contributed by atoms with van der Waals surface area (Å²) in [6.07, 6.45) is 10.1. The smallest absolute Gasteiger partial charge is 0.0568 e. The molecular formula is C14H27NO. The van der Waals surface area contributed by atoms with Crippen molar-refractivity contribution in [1.29, 1.82) is 0 Å². The predicted molar refractivity (Wildman–Crippen MR) is 67.4 cm³/mol. The van der Waals surface area contributed by atoms with Crippen LogP contribution in [0.15, 0.2) is 0 Å². The zero-order chi connectivity index (χ0) is 11.4. The third-order valence-corrected chi connectivity index (χ3v) is 4.41. The van der Waals surface area contributed by atoms with E-state index in [1.807, 2.05) is 0 Å². The minimum Gasteiger partial charge on any atom is -0.393 e. The Kier molecular flexibility index (Phi) is 4.66. The summed E-state index contributed by atoms with van der Waals surface area (Å²) in [5.41, 5.74) is 0. The zero-order valence-electron chi connectivity index (χ0n) is 10.6. The highest BCUT2D eigenvalue weighted by molar-refractivity contribution is 4.85. The molecule has 0 bridgehead atoms. The van der Waals surface area contributed by atoms with Crippen molar-refractivity contribution >= 4 is 0 Å². The number of hydrogen-bond acceptors (Lipinski definition) is 2. The van der Waals surface area contributed by atoms with Gasteiger partial charge in [-0.25, -0.2) is 0 Å². The highest BCUT2D eigenvalue weighted by Gasteiger charge is 2.29. The Morgan fingerprint density at radius 3 is 2.62 bits per heavy atom. The first-order valence-corrected chi connectivity index (χ1v) is 7.22. The Labute approximate surface area is 99.8 Å². The van der Waals surface area contributed by atoms with Crippen molar-refractivity contribution in [3.05, 3.63) is 0 Å². The van der Waals surface area contributed by atoms with Crippen LogP contribution in [0.3, 0.4) is 0 Å². The summed E-state index contributed by atoms with van der Waals surface area (Å²) < 4.78 is 0. The molecule has 0 aromatic rings. The Hall–Kier alpha value is -0.0800. The quantitative estimate of drug-likeness (QED) is 0.653. The van der Waals surface area contributed by atoms with Crippen LogP contribution in [0.25, 0.3) is 0 Å². The molecule has 0 spiro atoms. The van der Waals surface area contributed by atoms with E-state index in [9.17, 15) is 5.11 Å². The number of hydrogen-bond donors (Lipinski definition) is 2. The number of nitrogens with one attached hydrogen (secondary N) is 1. The maximum absolute atomic E-state index is 9.72. The third-order valence-electron chi connectivity index (χ3n) is 4.41. The molecule has 0 radical (unpaired) electrons. The van der Waals surface area contributed by atoms with Gasteiger partial charge >= 0.3 is 0 Å². The fraction of sp³-hybridized carbons (Fsp3) is 1.00. The molecule has 2 rings (SSSR count). The van der Waals surface area contributed by atoms with Crippen LogP contribution in [0, 0.1) is 11.8 Å². The lowest BCUT2D eigenvalue weighted by atomic mass is 9.99. The summed E-state index contributed by atoms with van der Waals surface area (Å²) in [7, 11) is 0. The van der Waals surface area contributed by atoms with E-state index >= 15 is 0 Å². The van der Waals surface area contributed by atoms with E-state index in [-0.39, 0.29) is 6.10 Å². The molecule has 94 valence electrons. The first-order chi connectivity index (χ1) is 7.81. The summed E-state index contributed by atoms with van der Waals surface area (Å²) in [5, 5.41) is 13.4. The number of rotatable bonds is 7. The molecule has 16 heavy (non-hydrogen) atoms. The van der Waals surface area contributed by atoms with E-state index in [0.29, 0.717) is 5.92 Å². The molecule has 0 aromatic carbocycles. The first-order valence-electron chi connectivity index (χ1n) is 7.22. The van der Waals surface area contributed by atoms with Gasteiger partial charge in [-0.15, -0.1) is 0 Å². The van der Waals surface area contributed by atoms with Gasteiger partial charge < -0.3 is 10.4 Å². The minimum absolute atomic E-state index is 0.00500. The molecule has 0 aliphatic heterocycles. The lowest BCUT2D eigenvalue weighted by molar-refractivity contribution is 0.126. The predicted octanol–water partition coefficient (Wildman–Crippen LogP) is 2.71. The second kappa shape index (κ2) is 6.02. The van der Waals surface area contributed by atoms with Crippen molar-refractivity contribution in [2.24, 2.45) is 11.8 Å². The van der Waals surface area contributed by atoms with Crippen molar-refractivity contribution in [1.82, 2.24) is 5.32 Å². The molecule has 0 amide bonds. The third kappa shape index (κ3) is 3.46. The minimum atomic E-state index is 0.00500. The van der Waals surface area contributed by atoms with Crippen LogP contribution in [0.1, 0.15) is 58.3 Å². The standard InChI is InChI=1S/C14H27NO/c1-2-13(11-8-9-11)15-10-4-6-12-5-3-7-14(12)16/h11-16H,2-10H2,1H3. The fourth-order valence-corrected chi connectivity index (χ4v) is 3.15. The fourth-order valence-electron chi connectivity index (χ4n) is 3.15. The monoisotopic (exact) mass is 225 g/mol. The molecule has 2 heteroatoms. The highest BCUT2D eigenvalue weighted by Crippen LogP contribution is 2.34. The lowest BCUT2D eigenvalue weighted by Gasteiger charge is -2.18. The molecule has 2 aliphatic rings. The van der Waals surface area contributed by atoms with Gasteiger partial charge in [0.25, 0.3) is 0 Å². The Balaban J connectivity index is 1.53. The van der Waals surface area contributed by atoms with Crippen LogP contribution in [0.2, 0.25) is 0 Å². The molecule has 2 saturated carbocycles. The summed E-state index contributed by atoms with van der Waals surface area (Å²) in [5.74, 6) is 1.57. The van der Waals surface area contributed by atoms with Gasteiger partial charge in [-0.3, -0.25) is 0 Å². The zero-order valence-corrected chi connectivity index (χ0v) is 10.6. The molecule has 2 N–H and O–H groups in total. The molecule has 0 saturated heterocycles. The van der Waals surface area contributed by atoms with Gasteiger partial charge in [0.1, 0.15) is 0 Å². The summed E-state index contributed by atoms with van der Waals surface area (Å²) in [6, 6.07) is 0.772. The normalized spacial score (nSPS) is 31.9. The molecule has 2 nitrogen and oxygen atoms in total. The molecule has 2 aliphatic carbocycles. The number of aliphatic hydroxyl groups is 1. The Morgan fingerprint density at radius 2 is 2.06 bits per heavy atom. The maximum atomic E-state index is 9.72. The second-order valence-electron chi connectivity index (χ2n) is 5.71. The lowest BCUT2D eigenvalue weighted by Crippen LogP contribution is -2.31. The van der Waals surface area contributed by atoms with E-state index < -0.39 is 0 Å². The molecule has 2 fully saturated rings. The second-order valence-corrected chi connectivity index (χ2v) is 5.71. The van der Waals surface area contributed by atoms with Crippen LogP contribution in [0.5, 0.6) is 0 Å². The SMILES string of the molecule is CCC(NCCCC1CCCC1O)C1CC1. The largest absolute Gasteiger partial charge is 0.393 e. The van der Waals surface area contributed by atoms with E-state index in [0.717, 1.165) is 24.9 Å². The van der Waals surface area contributed by atoms with Crippen LogP contribution in [-0.2, 0) is 0 Å². The molecule has 0 heterocycles. The van der Waals surface area contributed by atoms with Gasteiger partial charge in [0.2, 0.25) is 0 Å². The van der Waals surface area contributed by atoms with E-state index in [2.05, 4.69) is 12.2 Å². The van der Waals surface area contributed by atoms with Crippen molar-refractivity contribution in [3.8, 4) is 0 Å². The van der Waals surface area contributed by atoms with Crippen molar-refractivity contribution in [2.45, 2.75) is 70.4 Å². The van der Waals surface area contributed by atoms with Crippen molar-refractivity contribution in [2.75, 3.05) is 6.54 Å². The highest BCUT2D eigenvalue weighted by atomic mass is 16.3. The van der Waals surface area contributed by atoms with Gasteiger partial charge in [0.15, 0.2) is 0 Å². The molecular weight excluding hydrogens is 198 g/mol. The topological polar surface area (TPSA) is 32.3 Å². The van der Waals surface area contributed by atoms with Gasteiger partial charge in [-0.05, 0) is 63.3 Å². The Bertz CT molecular complexity index is 199. The van der Waals surface area contributed by atoms with Gasteiger partial charge in [0.05, 0.1) is 6.10 Å². The first kappa shape index (κ1) is 12.4. The van der Waals surface area contributed by atoms with Gasteiger partial charge in [-0.1, -0.05) is 13.3 Å². The summed E-state index contributed by atoms with van der Waals surface area (Å²) in [4.78, 5) is 0. The summed E-state index contributed by atoms with van der Waals surface area (Å²) >= 11 is 0. The van der Waals surface area contributed by atoms with Crippen molar-refractivity contribution in [3.63, 3.8) is 0 Å². The summed E-state index contributed by atoms with van der Waals surface area (Å²) in [6.45, 7) is 3.44. The van der Waals surface area contributed by atoms with E-state index in [4.69, 9.17) is 0 Å². The maximum Gasteiger partial charge on any atom is 0.0568 e. The van der Waals surface area contributed by atoms with Crippen LogP contribution >= 0.6 is 0 Å². The van der Waals surface area contributed by atoms with Crippen LogP contribution in [-0.4, -0.2) is 23.8 Å². The molecule has 3 unspecified atom stereocenters. The number of aliphatic hydroxyl groups excluding tert-OH is 1. The van der Waals surface area contributed by atoms with Gasteiger partial charge in [0, 0.05) is 6.04 Å². The van der Waals surface area contributed by atoms with Crippen LogP contribution < -0.4 is 5.32 Å². The van der Waals surface area contributed by atoms with Crippen molar-refractivity contribution < 1.29 is 5.11 Å². The average molecular weight is 225 g/mol. The molecule has 3 atom stereocenters. The van der Waals surface area contributed by atoms with Gasteiger partial charge in [-0.2, -0.15) is 0 Å². The molecule has 0 aromatic heterocycles. The van der Waals surface area contributed by atoms with E-state index in [1.54, 1.807) is 0 Å². The average Bonchev–Trinajstić information content (AvgIpc) is 3.04. The van der Waals surface area contributed by atoms with Crippen LogP contribution in [0.4, 0.5) is 0 Å².